The molecule has 0 radical (unpaired) electrons. The highest BCUT2D eigenvalue weighted by atomic mass is 16.2. The van der Waals surface area contributed by atoms with Gasteiger partial charge in [-0.15, -0.1) is 0 Å². The quantitative estimate of drug-likeness (QED) is 0.628. The van der Waals surface area contributed by atoms with Gasteiger partial charge in [-0.25, -0.2) is 0 Å². The Balaban J connectivity index is 2.91. The third-order valence-electron chi connectivity index (χ3n) is 2.24. The minimum absolute atomic E-state index is 0.0177. The van der Waals surface area contributed by atoms with Crippen LogP contribution >= 0.6 is 0 Å². The first kappa shape index (κ1) is 8.97. The maximum absolute atomic E-state index is 11.4. The average Bonchev–Trinajstić information content (AvgIpc) is 2.14. The summed E-state index contributed by atoms with van der Waals surface area (Å²) in [6.07, 6.45) is 4.03. The first-order valence-electron chi connectivity index (χ1n) is 4.10. The number of hydrogen-bond acceptors (Lipinski definition) is 2. The molecule has 1 atom stereocenters. The van der Waals surface area contributed by atoms with Crippen molar-refractivity contribution in [1.82, 2.24) is 5.32 Å². The van der Waals surface area contributed by atoms with Crippen LogP contribution in [-0.4, -0.2) is 17.2 Å². The zero-order chi connectivity index (χ0) is 9.19. The van der Waals surface area contributed by atoms with E-state index in [1.165, 1.54) is 6.08 Å². The largest absolute Gasteiger partial charge is 0.343 e. The van der Waals surface area contributed by atoms with Crippen LogP contribution in [-0.2, 0) is 9.59 Å². The third kappa shape index (κ3) is 1.55. The van der Waals surface area contributed by atoms with Gasteiger partial charge >= 0.3 is 0 Å². The molecule has 0 saturated carbocycles. The molecule has 12 heavy (non-hydrogen) atoms. The number of hydrogen-bond donors (Lipinski definition) is 1. The van der Waals surface area contributed by atoms with Crippen LogP contribution < -0.4 is 5.32 Å². The highest BCUT2D eigenvalue weighted by Crippen LogP contribution is 2.14. The Morgan fingerprint density at radius 2 is 2.25 bits per heavy atom. The highest BCUT2D eigenvalue weighted by Gasteiger charge is 2.31. The van der Waals surface area contributed by atoms with E-state index >= 15 is 0 Å². The van der Waals surface area contributed by atoms with Crippen LogP contribution in [0.25, 0.3) is 0 Å². The lowest BCUT2D eigenvalue weighted by molar-refractivity contribution is -0.128. The predicted molar refractivity (Wildman–Crippen MR) is 45.6 cm³/mol. The Labute approximate surface area is 71.8 Å². The molecule has 3 heteroatoms. The van der Waals surface area contributed by atoms with E-state index < -0.39 is 5.54 Å². The molecule has 66 valence electrons. The van der Waals surface area contributed by atoms with E-state index in [0.717, 1.165) is 0 Å². The average molecular weight is 167 g/mol. The molecule has 1 aliphatic rings. The molecule has 0 aromatic rings. The Morgan fingerprint density at radius 3 is 2.83 bits per heavy atom. The summed E-state index contributed by atoms with van der Waals surface area (Å²) in [4.78, 5) is 22.5. The van der Waals surface area contributed by atoms with Gasteiger partial charge in [-0.2, -0.15) is 0 Å². The van der Waals surface area contributed by atoms with E-state index in [0.29, 0.717) is 12.8 Å². The minimum Gasteiger partial charge on any atom is -0.343 e. The Kier molecular flexibility index (Phi) is 2.31. The normalized spacial score (nSPS) is 29.8. The monoisotopic (exact) mass is 167 g/mol. The fourth-order valence-electron chi connectivity index (χ4n) is 1.14. The first-order chi connectivity index (χ1) is 5.58. The van der Waals surface area contributed by atoms with Gasteiger partial charge in [-0.3, -0.25) is 9.59 Å². The number of amides is 1. The molecule has 3 nitrogen and oxygen atoms in total. The van der Waals surface area contributed by atoms with E-state index in [-0.39, 0.29) is 11.7 Å². The number of nitrogens with one attached hydrogen (secondary N) is 1. The van der Waals surface area contributed by atoms with E-state index in [4.69, 9.17) is 0 Å². The predicted octanol–water partition coefficient (Wildman–Crippen LogP) is 0.800. The van der Waals surface area contributed by atoms with E-state index in [1.54, 1.807) is 13.0 Å². The SMILES string of the molecule is CCC1(C)NC(=O)CC=CC1=O. The molecule has 1 unspecified atom stereocenters. The Morgan fingerprint density at radius 1 is 1.58 bits per heavy atom. The number of ketones is 1. The fraction of sp³-hybridized carbons (Fsp3) is 0.556. The highest BCUT2D eigenvalue weighted by molar-refractivity contribution is 6.02. The molecule has 1 aliphatic heterocycles. The zero-order valence-electron chi connectivity index (χ0n) is 7.39. The molecule has 0 aliphatic carbocycles. The fourth-order valence-corrected chi connectivity index (χ4v) is 1.14. The maximum Gasteiger partial charge on any atom is 0.224 e. The molecule has 0 aromatic heterocycles. The molecule has 0 bridgehead atoms. The van der Waals surface area contributed by atoms with Gasteiger partial charge in [0.1, 0.15) is 0 Å². The summed E-state index contributed by atoms with van der Waals surface area (Å²) in [6.45, 7) is 3.64. The molecule has 0 fully saturated rings. The van der Waals surface area contributed by atoms with Crippen LogP contribution in [0.15, 0.2) is 12.2 Å². The molecular weight excluding hydrogens is 154 g/mol. The third-order valence-corrected chi connectivity index (χ3v) is 2.24. The van der Waals surface area contributed by atoms with Crippen LogP contribution in [0.5, 0.6) is 0 Å². The second kappa shape index (κ2) is 3.09. The van der Waals surface area contributed by atoms with Gasteiger partial charge < -0.3 is 5.32 Å². The number of carbonyl (C=O) groups is 2. The molecule has 0 saturated heterocycles. The minimum atomic E-state index is -0.690. The summed E-state index contributed by atoms with van der Waals surface area (Å²) in [5, 5.41) is 2.70. The van der Waals surface area contributed by atoms with Crippen molar-refractivity contribution in [3.8, 4) is 0 Å². The molecule has 1 heterocycles. The van der Waals surface area contributed by atoms with Crippen molar-refractivity contribution in [1.29, 1.82) is 0 Å². The summed E-state index contributed by atoms with van der Waals surface area (Å²) in [6, 6.07) is 0. The molecule has 1 amide bonds. The summed E-state index contributed by atoms with van der Waals surface area (Å²) >= 11 is 0. The van der Waals surface area contributed by atoms with Crippen molar-refractivity contribution in [2.24, 2.45) is 0 Å². The summed E-state index contributed by atoms with van der Waals surface area (Å²) in [5.41, 5.74) is -0.690. The smallest absolute Gasteiger partial charge is 0.224 e. The van der Waals surface area contributed by atoms with Gasteiger partial charge in [0.05, 0.1) is 5.54 Å². The first-order valence-corrected chi connectivity index (χ1v) is 4.10. The molecule has 1 rings (SSSR count). The summed E-state index contributed by atoms with van der Waals surface area (Å²) in [7, 11) is 0. The van der Waals surface area contributed by atoms with Gasteiger partial charge in [0.2, 0.25) is 5.91 Å². The van der Waals surface area contributed by atoms with Crippen molar-refractivity contribution >= 4 is 11.7 Å². The standard InChI is InChI=1S/C9H13NO2/c1-3-9(2)7(11)5-4-6-8(12)10-9/h4-5H,3,6H2,1-2H3,(H,10,12). The zero-order valence-corrected chi connectivity index (χ0v) is 7.39. The number of carbonyl (C=O) groups excluding carboxylic acids is 2. The van der Waals surface area contributed by atoms with Crippen molar-refractivity contribution < 1.29 is 9.59 Å². The van der Waals surface area contributed by atoms with Crippen molar-refractivity contribution in [3.63, 3.8) is 0 Å². The topological polar surface area (TPSA) is 46.2 Å². The van der Waals surface area contributed by atoms with E-state index in [2.05, 4.69) is 5.32 Å². The van der Waals surface area contributed by atoms with E-state index in [9.17, 15) is 9.59 Å². The van der Waals surface area contributed by atoms with Crippen molar-refractivity contribution in [2.75, 3.05) is 0 Å². The van der Waals surface area contributed by atoms with Crippen LogP contribution in [0, 0.1) is 0 Å². The van der Waals surface area contributed by atoms with Gasteiger partial charge in [0.25, 0.3) is 0 Å². The Bertz CT molecular complexity index is 245. The lowest BCUT2D eigenvalue weighted by atomic mass is 9.93. The van der Waals surface area contributed by atoms with Gasteiger partial charge in [-0.1, -0.05) is 13.0 Å². The van der Waals surface area contributed by atoms with Gasteiger partial charge in [-0.05, 0) is 19.4 Å². The van der Waals surface area contributed by atoms with Crippen LogP contribution in [0.1, 0.15) is 26.7 Å². The number of rotatable bonds is 1. The molecular formula is C9H13NO2. The Hall–Kier alpha value is -1.12. The molecule has 1 N–H and O–H groups in total. The summed E-state index contributed by atoms with van der Waals surface area (Å²) in [5.74, 6) is -0.0997. The van der Waals surface area contributed by atoms with Crippen LogP contribution in [0.2, 0.25) is 0 Å². The molecule has 0 aromatic carbocycles. The van der Waals surface area contributed by atoms with Crippen molar-refractivity contribution in [2.45, 2.75) is 32.2 Å². The van der Waals surface area contributed by atoms with Crippen LogP contribution in [0.4, 0.5) is 0 Å². The summed E-state index contributed by atoms with van der Waals surface area (Å²) < 4.78 is 0. The van der Waals surface area contributed by atoms with Crippen LogP contribution in [0.3, 0.4) is 0 Å². The lowest BCUT2D eigenvalue weighted by Gasteiger charge is -2.24. The van der Waals surface area contributed by atoms with Crippen molar-refractivity contribution in [3.05, 3.63) is 12.2 Å². The second-order valence-electron chi connectivity index (χ2n) is 3.20. The lowest BCUT2D eigenvalue weighted by Crippen LogP contribution is -2.49. The second-order valence-corrected chi connectivity index (χ2v) is 3.20. The van der Waals surface area contributed by atoms with Gasteiger partial charge in [0, 0.05) is 6.42 Å². The van der Waals surface area contributed by atoms with Gasteiger partial charge in [0.15, 0.2) is 5.78 Å². The van der Waals surface area contributed by atoms with E-state index in [1.807, 2.05) is 6.92 Å². The molecule has 0 spiro atoms. The maximum atomic E-state index is 11.4.